The van der Waals surface area contributed by atoms with Crippen LogP contribution in [0.5, 0.6) is 11.5 Å². The molecule has 0 saturated heterocycles. The van der Waals surface area contributed by atoms with Gasteiger partial charge in [-0.3, -0.25) is 0 Å². The number of hydrogen-bond donors (Lipinski definition) is 2. The summed E-state index contributed by atoms with van der Waals surface area (Å²) in [4.78, 5) is 0. The van der Waals surface area contributed by atoms with Crippen LogP contribution in [0, 0.1) is 5.92 Å². The van der Waals surface area contributed by atoms with Crippen LogP contribution in [-0.2, 0) is 6.54 Å². The number of aromatic hydroxyl groups is 1. The van der Waals surface area contributed by atoms with Gasteiger partial charge in [0, 0.05) is 18.2 Å². The van der Waals surface area contributed by atoms with Crippen molar-refractivity contribution in [1.29, 1.82) is 0 Å². The third kappa shape index (κ3) is 2.96. The fourth-order valence-corrected chi connectivity index (χ4v) is 2.74. The molecule has 2 atom stereocenters. The standard InChI is InChI=1S/C15H23NO2/c1-11-6-3-4-8-13(11)16-10-12-7-5-9-14(18-2)15(12)17/h5,7,9,11,13,16-17H,3-4,6,8,10H2,1-2H3. The molecule has 0 amide bonds. The molecule has 1 aliphatic rings. The Morgan fingerprint density at radius 3 is 2.83 bits per heavy atom. The van der Waals surface area contributed by atoms with Crippen molar-refractivity contribution in [2.24, 2.45) is 5.92 Å². The molecule has 100 valence electrons. The minimum Gasteiger partial charge on any atom is -0.504 e. The van der Waals surface area contributed by atoms with Crippen LogP contribution in [0.25, 0.3) is 0 Å². The summed E-state index contributed by atoms with van der Waals surface area (Å²) in [6, 6.07) is 6.21. The minimum absolute atomic E-state index is 0.260. The summed E-state index contributed by atoms with van der Waals surface area (Å²) in [5.41, 5.74) is 0.909. The van der Waals surface area contributed by atoms with Gasteiger partial charge in [0.2, 0.25) is 0 Å². The molecule has 3 nitrogen and oxygen atoms in total. The molecule has 0 radical (unpaired) electrons. The van der Waals surface area contributed by atoms with Crippen LogP contribution < -0.4 is 10.1 Å². The molecule has 2 N–H and O–H groups in total. The lowest BCUT2D eigenvalue weighted by atomic mass is 9.86. The number of phenols is 1. The highest BCUT2D eigenvalue weighted by Crippen LogP contribution is 2.30. The van der Waals surface area contributed by atoms with Crippen LogP contribution in [0.3, 0.4) is 0 Å². The van der Waals surface area contributed by atoms with E-state index in [1.165, 1.54) is 25.7 Å². The van der Waals surface area contributed by atoms with Crippen molar-refractivity contribution in [2.75, 3.05) is 7.11 Å². The number of phenolic OH excluding ortho intramolecular Hbond substituents is 1. The predicted molar refractivity (Wildman–Crippen MR) is 72.9 cm³/mol. The Morgan fingerprint density at radius 2 is 2.11 bits per heavy atom. The first-order valence-corrected chi connectivity index (χ1v) is 6.80. The number of benzene rings is 1. The highest BCUT2D eigenvalue weighted by molar-refractivity contribution is 5.45. The van der Waals surface area contributed by atoms with Gasteiger partial charge in [-0.1, -0.05) is 31.9 Å². The van der Waals surface area contributed by atoms with Gasteiger partial charge in [-0.15, -0.1) is 0 Å². The van der Waals surface area contributed by atoms with E-state index < -0.39 is 0 Å². The van der Waals surface area contributed by atoms with Crippen molar-refractivity contribution < 1.29 is 9.84 Å². The van der Waals surface area contributed by atoms with Gasteiger partial charge < -0.3 is 15.2 Å². The van der Waals surface area contributed by atoms with E-state index in [9.17, 15) is 5.11 Å². The van der Waals surface area contributed by atoms with E-state index in [1.54, 1.807) is 13.2 Å². The van der Waals surface area contributed by atoms with Gasteiger partial charge in [-0.25, -0.2) is 0 Å². The maximum atomic E-state index is 10.0. The molecule has 1 saturated carbocycles. The van der Waals surface area contributed by atoms with E-state index >= 15 is 0 Å². The highest BCUT2D eigenvalue weighted by Gasteiger charge is 2.20. The van der Waals surface area contributed by atoms with Crippen molar-refractivity contribution >= 4 is 0 Å². The summed E-state index contributed by atoms with van der Waals surface area (Å²) in [5.74, 6) is 1.54. The molecule has 1 aromatic carbocycles. The predicted octanol–water partition coefficient (Wildman–Crippen LogP) is 3.07. The molecular formula is C15H23NO2. The second kappa shape index (κ2) is 6.10. The molecule has 2 unspecified atom stereocenters. The lowest BCUT2D eigenvalue weighted by Gasteiger charge is -2.29. The molecule has 0 aromatic heterocycles. The normalized spacial score (nSPS) is 23.9. The molecule has 0 aliphatic heterocycles. The van der Waals surface area contributed by atoms with E-state index in [1.807, 2.05) is 12.1 Å². The van der Waals surface area contributed by atoms with Crippen molar-refractivity contribution in [3.63, 3.8) is 0 Å². The first-order valence-electron chi connectivity index (χ1n) is 6.80. The lowest BCUT2D eigenvalue weighted by molar-refractivity contribution is 0.278. The second-order valence-electron chi connectivity index (χ2n) is 5.22. The largest absolute Gasteiger partial charge is 0.504 e. The van der Waals surface area contributed by atoms with Crippen molar-refractivity contribution in [2.45, 2.75) is 45.2 Å². The Hall–Kier alpha value is -1.22. The molecule has 0 spiro atoms. The van der Waals surface area contributed by atoms with E-state index in [-0.39, 0.29) is 5.75 Å². The van der Waals surface area contributed by atoms with Crippen LogP contribution in [0.2, 0.25) is 0 Å². The van der Waals surface area contributed by atoms with Crippen LogP contribution >= 0.6 is 0 Å². The Morgan fingerprint density at radius 1 is 1.33 bits per heavy atom. The average Bonchev–Trinajstić information content (AvgIpc) is 2.39. The number of ether oxygens (including phenoxy) is 1. The Kier molecular flexibility index (Phi) is 4.48. The van der Waals surface area contributed by atoms with Gasteiger partial charge >= 0.3 is 0 Å². The summed E-state index contributed by atoms with van der Waals surface area (Å²) in [7, 11) is 1.58. The molecular weight excluding hydrogens is 226 g/mol. The zero-order valence-corrected chi connectivity index (χ0v) is 11.3. The summed E-state index contributed by atoms with van der Waals surface area (Å²) < 4.78 is 5.12. The van der Waals surface area contributed by atoms with Gasteiger partial charge in [0.1, 0.15) is 0 Å². The number of nitrogens with one attached hydrogen (secondary N) is 1. The third-order valence-electron chi connectivity index (χ3n) is 3.97. The Bertz CT molecular complexity index is 392. The molecule has 1 aromatic rings. The van der Waals surface area contributed by atoms with Gasteiger partial charge in [0.05, 0.1) is 7.11 Å². The summed E-state index contributed by atoms with van der Waals surface area (Å²) in [5, 5.41) is 13.6. The Labute approximate surface area is 109 Å². The van der Waals surface area contributed by atoms with Crippen molar-refractivity contribution in [3.05, 3.63) is 23.8 Å². The van der Waals surface area contributed by atoms with Gasteiger partial charge in [-0.05, 0) is 24.8 Å². The number of rotatable bonds is 4. The maximum Gasteiger partial charge on any atom is 0.162 e. The number of para-hydroxylation sites is 1. The fourth-order valence-electron chi connectivity index (χ4n) is 2.74. The second-order valence-corrected chi connectivity index (χ2v) is 5.22. The molecule has 0 heterocycles. The number of methoxy groups -OCH3 is 1. The molecule has 0 bridgehead atoms. The van der Waals surface area contributed by atoms with Crippen LogP contribution in [-0.4, -0.2) is 18.3 Å². The average molecular weight is 249 g/mol. The van der Waals surface area contributed by atoms with Gasteiger partial charge in [0.25, 0.3) is 0 Å². The van der Waals surface area contributed by atoms with E-state index in [0.717, 1.165) is 11.5 Å². The van der Waals surface area contributed by atoms with Gasteiger partial charge in [0.15, 0.2) is 11.5 Å². The quantitative estimate of drug-likeness (QED) is 0.861. The SMILES string of the molecule is COc1cccc(CNC2CCCCC2C)c1O. The molecule has 2 rings (SSSR count). The van der Waals surface area contributed by atoms with Crippen molar-refractivity contribution in [1.82, 2.24) is 5.32 Å². The Balaban J connectivity index is 1.97. The summed E-state index contributed by atoms with van der Waals surface area (Å²) >= 11 is 0. The van der Waals surface area contributed by atoms with E-state index in [2.05, 4.69) is 12.2 Å². The first kappa shape index (κ1) is 13.2. The third-order valence-corrected chi connectivity index (χ3v) is 3.97. The van der Waals surface area contributed by atoms with E-state index in [4.69, 9.17) is 4.74 Å². The van der Waals surface area contributed by atoms with Crippen molar-refractivity contribution in [3.8, 4) is 11.5 Å². The zero-order valence-electron chi connectivity index (χ0n) is 11.3. The van der Waals surface area contributed by atoms with Crippen LogP contribution in [0.4, 0.5) is 0 Å². The highest BCUT2D eigenvalue weighted by atomic mass is 16.5. The van der Waals surface area contributed by atoms with Crippen LogP contribution in [0.1, 0.15) is 38.2 Å². The summed E-state index contributed by atoms with van der Waals surface area (Å²) in [6.45, 7) is 3.01. The smallest absolute Gasteiger partial charge is 0.162 e. The lowest BCUT2D eigenvalue weighted by Crippen LogP contribution is -2.36. The summed E-state index contributed by atoms with van der Waals surface area (Å²) in [6.07, 6.45) is 5.21. The van der Waals surface area contributed by atoms with E-state index in [0.29, 0.717) is 18.3 Å². The van der Waals surface area contributed by atoms with Crippen LogP contribution in [0.15, 0.2) is 18.2 Å². The maximum absolute atomic E-state index is 10.0. The molecule has 3 heteroatoms. The first-order chi connectivity index (χ1) is 8.72. The monoisotopic (exact) mass is 249 g/mol. The van der Waals surface area contributed by atoms with Gasteiger partial charge in [-0.2, -0.15) is 0 Å². The molecule has 1 fully saturated rings. The fraction of sp³-hybridized carbons (Fsp3) is 0.600. The molecule has 18 heavy (non-hydrogen) atoms. The number of hydrogen-bond acceptors (Lipinski definition) is 3. The molecule has 1 aliphatic carbocycles. The topological polar surface area (TPSA) is 41.5 Å². The zero-order chi connectivity index (χ0) is 13.0. The minimum atomic E-state index is 0.260.